The smallest absolute Gasteiger partial charge is 0.341 e. The number of carbonyl (C=O) groups is 3. The molecule has 0 aliphatic carbocycles. The third-order valence-corrected chi connectivity index (χ3v) is 6.61. The van der Waals surface area contributed by atoms with Crippen molar-refractivity contribution in [2.24, 2.45) is 0 Å². The highest BCUT2D eigenvalue weighted by Gasteiger charge is 2.26. The average Bonchev–Trinajstić information content (AvgIpc) is 3.11. The van der Waals surface area contributed by atoms with E-state index in [0.29, 0.717) is 32.6 Å². The van der Waals surface area contributed by atoms with Crippen LogP contribution in [-0.2, 0) is 16.0 Å². The van der Waals surface area contributed by atoms with E-state index in [0.717, 1.165) is 22.5 Å². The van der Waals surface area contributed by atoms with E-state index >= 15 is 0 Å². The Morgan fingerprint density at radius 1 is 1.03 bits per heavy atom. The van der Waals surface area contributed by atoms with Crippen molar-refractivity contribution in [3.63, 3.8) is 0 Å². The highest BCUT2D eigenvalue weighted by atomic mass is 35.5. The molecule has 2 aromatic carbocycles. The van der Waals surface area contributed by atoms with Crippen molar-refractivity contribution in [3.8, 4) is 0 Å². The maximum Gasteiger partial charge on any atom is 0.341 e. The summed E-state index contributed by atoms with van der Waals surface area (Å²) in [6.07, 6.45) is 0.805. The maximum atomic E-state index is 13.0. The van der Waals surface area contributed by atoms with Crippen LogP contribution in [0.4, 0.5) is 10.7 Å². The van der Waals surface area contributed by atoms with Crippen molar-refractivity contribution in [1.82, 2.24) is 0 Å². The van der Waals surface area contributed by atoms with Crippen LogP contribution in [-0.4, -0.2) is 24.4 Å². The minimum absolute atomic E-state index is 0.179. The summed E-state index contributed by atoms with van der Waals surface area (Å²) >= 11 is 7.20. The maximum absolute atomic E-state index is 13.0. The van der Waals surface area contributed by atoms with Gasteiger partial charge in [0, 0.05) is 17.1 Å². The summed E-state index contributed by atoms with van der Waals surface area (Å²) in [6, 6.07) is 14.9. The largest absolute Gasteiger partial charge is 0.462 e. The van der Waals surface area contributed by atoms with Crippen LogP contribution in [0.15, 0.2) is 48.5 Å². The molecule has 8 heteroatoms. The number of anilines is 2. The van der Waals surface area contributed by atoms with Gasteiger partial charge in [0.1, 0.15) is 5.00 Å². The van der Waals surface area contributed by atoms with E-state index in [1.54, 1.807) is 26.0 Å². The van der Waals surface area contributed by atoms with Gasteiger partial charge in [-0.2, -0.15) is 0 Å². The van der Waals surface area contributed by atoms with Crippen molar-refractivity contribution in [1.29, 1.82) is 0 Å². The van der Waals surface area contributed by atoms with Crippen molar-refractivity contribution < 1.29 is 19.1 Å². The molecule has 6 nitrogen and oxygen atoms in total. The second-order valence-electron chi connectivity index (χ2n) is 7.43. The van der Waals surface area contributed by atoms with Gasteiger partial charge < -0.3 is 15.4 Å². The Balaban J connectivity index is 1.82. The zero-order valence-corrected chi connectivity index (χ0v) is 20.2. The molecule has 0 radical (unpaired) electrons. The predicted octanol–water partition coefficient (Wildman–Crippen LogP) is 6.02. The fourth-order valence-electron chi connectivity index (χ4n) is 3.22. The number of thiophene rings is 1. The molecule has 0 saturated heterocycles. The molecule has 0 atom stereocenters. The second-order valence-corrected chi connectivity index (χ2v) is 8.86. The Morgan fingerprint density at radius 2 is 1.76 bits per heavy atom. The number of benzene rings is 2. The minimum atomic E-state index is -0.581. The van der Waals surface area contributed by atoms with E-state index < -0.39 is 11.9 Å². The van der Waals surface area contributed by atoms with Crippen LogP contribution in [0.2, 0.25) is 5.02 Å². The fourth-order valence-corrected chi connectivity index (χ4v) is 4.50. The first kappa shape index (κ1) is 24.5. The molecule has 0 saturated carbocycles. The minimum Gasteiger partial charge on any atom is -0.462 e. The zero-order valence-electron chi connectivity index (χ0n) is 18.7. The lowest BCUT2D eigenvalue weighted by molar-refractivity contribution is -0.116. The Labute approximate surface area is 201 Å². The van der Waals surface area contributed by atoms with Gasteiger partial charge in [-0.25, -0.2) is 4.79 Å². The Kier molecular flexibility index (Phi) is 8.25. The van der Waals surface area contributed by atoms with Crippen LogP contribution in [0.25, 0.3) is 0 Å². The molecular weight excluding hydrogens is 460 g/mol. The average molecular weight is 485 g/mol. The molecule has 3 rings (SSSR count). The van der Waals surface area contributed by atoms with Crippen LogP contribution in [0, 0.1) is 13.8 Å². The van der Waals surface area contributed by atoms with Gasteiger partial charge in [0.2, 0.25) is 5.91 Å². The summed E-state index contributed by atoms with van der Waals surface area (Å²) in [5, 5.41) is 6.43. The van der Waals surface area contributed by atoms with Crippen LogP contribution in [0.1, 0.15) is 50.1 Å². The van der Waals surface area contributed by atoms with Crippen molar-refractivity contribution in [2.75, 3.05) is 17.2 Å². The van der Waals surface area contributed by atoms with Gasteiger partial charge in [-0.05, 0) is 56.0 Å². The first-order valence-electron chi connectivity index (χ1n) is 10.5. The molecule has 0 spiro atoms. The monoisotopic (exact) mass is 484 g/mol. The molecular formula is C25H25ClN2O4S. The van der Waals surface area contributed by atoms with Gasteiger partial charge in [-0.1, -0.05) is 48.0 Å². The summed E-state index contributed by atoms with van der Waals surface area (Å²) < 4.78 is 5.17. The van der Waals surface area contributed by atoms with E-state index in [1.165, 1.54) is 0 Å². The number of esters is 1. The number of nitrogens with one attached hydrogen (secondary N) is 2. The number of hydrogen-bond acceptors (Lipinski definition) is 5. The number of hydrogen-bond donors (Lipinski definition) is 2. The first-order valence-corrected chi connectivity index (χ1v) is 11.7. The lowest BCUT2D eigenvalue weighted by atomic mass is 10.1. The Morgan fingerprint density at radius 3 is 2.42 bits per heavy atom. The van der Waals surface area contributed by atoms with Gasteiger partial charge in [-0.3, -0.25) is 9.59 Å². The molecule has 0 aliphatic heterocycles. The number of amides is 2. The summed E-state index contributed by atoms with van der Waals surface area (Å²) in [6.45, 7) is 5.42. The number of carbonyl (C=O) groups excluding carboxylic acids is 3. The summed E-state index contributed by atoms with van der Waals surface area (Å²) in [7, 11) is 0. The van der Waals surface area contributed by atoms with E-state index in [4.69, 9.17) is 16.3 Å². The molecule has 0 bridgehead atoms. The summed E-state index contributed by atoms with van der Waals surface area (Å²) in [5.41, 5.74) is 3.12. The number of ether oxygens (including phenoxy) is 1. The molecule has 0 unspecified atom stereocenters. The van der Waals surface area contributed by atoms with Crippen molar-refractivity contribution in [3.05, 3.63) is 80.7 Å². The summed E-state index contributed by atoms with van der Waals surface area (Å²) in [4.78, 5) is 38.5. The molecule has 0 fully saturated rings. The number of halogens is 1. The number of aryl methyl sites for hydroxylation is 2. The van der Waals surface area contributed by atoms with Gasteiger partial charge in [0.05, 0.1) is 17.0 Å². The molecule has 3 aromatic rings. The molecule has 2 N–H and O–H groups in total. The van der Waals surface area contributed by atoms with Crippen LogP contribution in [0.5, 0.6) is 0 Å². The molecule has 172 valence electrons. The van der Waals surface area contributed by atoms with Gasteiger partial charge >= 0.3 is 5.97 Å². The molecule has 1 aromatic heterocycles. The van der Waals surface area contributed by atoms with E-state index in [-0.39, 0.29) is 24.5 Å². The normalized spacial score (nSPS) is 10.5. The fraction of sp³-hybridized carbons (Fsp3) is 0.240. The first-order chi connectivity index (χ1) is 15.8. The van der Waals surface area contributed by atoms with Crippen molar-refractivity contribution in [2.45, 2.75) is 33.6 Å². The second kappa shape index (κ2) is 11.1. The van der Waals surface area contributed by atoms with Crippen LogP contribution >= 0.6 is 22.9 Å². The lowest BCUT2D eigenvalue weighted by Crippen LogP contribution is -2.15. The standard InChI is InChI=1S/C25H25ClN2O4S/c1-4-32-25(31)21-16(3)22(23(30)27-18-12-10-15(2)19(26)14-18)33-24(21)28-20(29)13-11-17-8-6-5-7-9-17/h5-10,12,14H,4,11,13H2,1-3H3,(H,27,30)(H,28,29). The van der Waals surface area contributed by atoms with E-state index in [1.807, 2.05) is 43.3 Å². The summed E-state index contributed by atoms with van der Waals surface area (Å²) in [5.74, 6) is -1.22. The third-order valence-electron chi connectivity index (χ3n) is 5.00. The SMILES string of the molecule is CCOC(=O)c1c(NC(=O)CCc2ccccc2)sc(C(=O)Nc2ccc(C)c(Cl)c2)c1C. The van der Waals surface area contributed by atoms with Crippen LogP contribution in [0.3, 0.4) is 0 Å². The molecule has 33 heavy (non-hydrogen) atoms. The highest BCUT2D eigenvalue weighted by Crippen LogP contribution is 2.34. The number of rotatable bonds is 8. The Bertz CT molecular complexity index is 1170. The molecule has 1 heterocycles. The molecule has 2 amide bonds. The van der Waals surface area contributed by atoms with Gasteiger partial charge in [-0.15, -0.1) is 11.3 Å². The van der Waals surface area contributed by atoms with E-state index in [2.05, 4.69) is 10.6 Å². The topological polar surface area (TPSA) is 84.5 Å². The van der Waals surface area contributed by atoms with Crippen LogP contribution < -0.4 is 10.6 Å². The van der Waals surface area contributed by atoms with E-state index in [9.17, 15) is 14.4 Å². The third kappa shape index (κ3) is 6.21. The van der Waals surface area contributed by atoms with Gasteiger partial charge in [0.25, 0.3) is 5.91 Å². The van der Waals surface area contributed by atoms with Gasteiger partial charge in [0.15, 0.2) is 0 Å². The zero-order chi connectivity index (χ0) is 24.0. The molecule has 0 aliphatic rings. The quantitative estimate of drug-likeness (QED) is 0.383. The predicted molar refractivity (Wildman–Crippen MR) is 133 cm³/mol. The van der Waals surface area contributed by atoms with Crippen molar-refractivity contribution >= 4 is 51.4 Å². The Hall–Kier alpha value is -3.16. The highest BCUT2D eigenvalue weighted by molar-refractivity contribution is 7.18. The lowest BCUT2D eigenvalue weighted by Gasteiger charge is -2.07.